The van der Waals surface area contributed by atoms with Gasteiger partial charge in [-0.3, -0.25) is 9.98 Å². The van der Waals surface area contributed by atoms with Crippen LogP contribution in [0.1, 0.15) is 104 Å². The number of benzene rings is 2. The van der Waals surface area contributed by atoms with Crippen LogP contribution >= 0.6 is 15.9 Å². The van der Waals surface area contributed by atoms with E-state index in [0.29, 0.717) is 11.4 Å². The number of hydrogen-bond donors (Lipinski definition) is 0. The van der Waals surface area contributed by atoms with E-state index in [1.54, 1.807) is 0 Å². The Labute approximate surface area is 245 Å². The Morgan fingerprint density at radius 3 is 1.60 bits per heavy atom. The molecule has 0 aromatic heterocycles. The van der Waals surface area contributed by atoms with Crippen molar-refractivity contribution in [1.82, 2.24) is 0 Å². The van der Waals surface area contributed by atoms with Gasteiger partial charge in [0.2, 0.25) is 0 Å². The lowest BCUT2D eigenvalue weighted by atomic mass is 9.72. The van der Waals surface area contributed by atoms with E-state index in [-0.39, 0.29) is 22.5 Å². The lowest BCUT2D eigenvalue weighted by molar-refractivity contribution is 0.00578. The van der Waals surface area contributed by atoms with Crippen molar-refractivity contribution in [3.05, 3.63) is 51.5 Å². The minimum atomic E-state index is -0.533. The maximum Gasteiger partial charge on any atom is 0.494 e. The SMILES string of the molecule is CC1=Nc2c(F)cc(B3OC(C)(C)C(C)(C)O3)cc2C12CCCC2.CC1=Nc2c(F)cc(Br)cc2C12CCCC2. The highest BCUT2D eigenvalue weighted by Crippen LogP contribution is 2.52. The molecule has 0 unspecified atom stereocenters. The first-order chi connectivity index (χ1) is 18.8. The standard InChI is InChI=1S/C19H25BFNO2.C13H13BrFN/c1-12-19(8-6-7-9-19)14-10-13(11-15(21)16(14)22-12)20-23-17(2,3)18(4,5)24-20;1-8-13(4-2-3-5-13)10-6-9(14)7-11(15)12(10)16-8/h10-11H,6-9H2,1-5H3;6-7H,2-5H2,1H3. The molecule has 0 radical (unpaired) electrons. The van der Waals surface area contributed by atoms with Crippen molar-refractivity contribution in [2.45, 2.75) is 115 Å². The predicted octanol–water partition coefficient (Wildman–Crippen LogP) is 8.55. The van der Waals surface area contributed by atoms with Gasteiger partial charge in [-0.2, -0.15) is 0 Å². The molecule has 0 N–H and O–H groups in total. The zero-order valence-corrected chi connectivity index (χ0v) is 26.0. The van der Waals surface area contributed by atoms with Crippen LogP contribution in [0.3, 0.4) is 0 Å². The Bertz CT molecular complexity index is 1420. The Balaban J connectivity index is 0.000000157. The number of nitrogens with zero attached hydrogens (tertiary/aromatic N) is 2. The van der Waals surface area contributed by atoms with Crippen molar-refractivity contribution in [3.8, 4) is 0 Å². The Morgan fingerprint density at radius 1 is 0.700 bits per heavy atom. The van der Waals surface area contributed by atoms with Crippen molar-refractivity contribution in [2.24, 2.45) is 9.98 Å². The van der Waals surface area contributed by atoms with Gasteiger partial charge in [-0.25, -0.2) is 8.78 Å². The summed E-state index contributed by atoms with van der Waals surface area (Å²) in [6.07, 6.45) is 9.14. The van der Waals surface area contributed by atoms with Crippen molar-refractivity contribution in [1.29, 1.82) is 0 Å². The van der Waals surface area contributed by atoms with Crippen LogP contribution in [-0.2, 0) is 20.1 Å². The van der Waals surface area contributed by atoms with Gasteiger partial charge in [0.1, 0.15) is 23.0 Å². The Hall–Kier alpha value is -1.90. The maximum atomic E-state index is 14.8. The summed E-state index contributed by atoms with van der Waals surface area (Å²) < 4.78 is 41.7. The molecule has 4 nitrogen and oxygen atoms in total. The molecule has 0 bridgehead atoms. The molecular weight excluding hydrogens is 573 g/mol. The minimum Gasteiger partial charge on any atom is -0.399 e. The van der Waals surface area contributed by atoms with Gasteiger partial charge in [-0.1, -0.05) is 47.7 Å². The van der Waals surface area contributed by atoms with E-state index in [4.69, 9.17) is 9.31 Å². The van der Waals surface area contributed by atoms with Crippen LogP contribution in [0.5, 0.6) is 0 Å². The Morgan fingerprint density at radius 2 is 1.12 bits per heavy atom. The molecule has 2 aromatic carbocycles. The minimum absolute atomic E-state index is 0.0416. The highest BCUT2D eigenvalue weighted by atomic mass is 79.9. The Kier molecular flexibility index (Phi) is 6.75. The third kappa shape index (κ3) is 4.19. The molecule has 212 valence electrons. The lowest BCUT2D eigenvalue weighted by Crippen LogP contribution is -2.41. The molecule has 3 aliphatic heterocycles. The van der Waals surface area contributed by atoms with Gasteiger partial charge >= 0.3 is 7.12 Å². The molecule has 40 heavy (non-hydrogen) atoms. The zero-order valence-electron chi connectivity index (χ0n) is 24.4. The van der Waals surface area contributed by atoms with Crippen molar-refractivity contribution in [3.63, 3.8) is 0 Å². The summed E-state index contributed by atoms with van der Waals surface area (Å²) in [5, 5.41) is 0. The van der Waals surface area contributed by atoms with Crippen LogP contribution < -0.4 is 5.46 Å². The highest BCUT2D eigenvalue weighted by molar-refractivity contribution is 9.10. The van der Waals surface area contributed by atoms with E-state index in [9.17, 15) is 8.78 Å². The smallest absolute Gasteiger partial charge is 0.399 e. The normalized spacial score (nSPS) is 24.2. The van der Waals surface area contributed by atoms with Crippen LogP contribution in [0.25, 0.3) is 0 Å². The molecule has 2 aromatic rings. The molecular formula is C32H38BBrF2N2O2. The molecule has 1 saturated heterocycles. The van der Waals surface area contributed by atoms with Crippen molar-refractivity contribution < 1.29 is 18.1 Å². The second-order valence-electron chi connectivity index (χ2n) is 13.2. The van der Waals surface area contributed by atoms with Crippen LogP contribution in [0.2, 0.25) is 0 Å². The number of fused-ring (bicyclic) bond motifs is 4. The van der Waals surface area contributed by atoms with Gasteiger partial charge in [0.05, 0.1) is 11.2 Å². The molecule has 0 atom stereocenters. The topological polar surface area (TPSA) is 43.2 Å². The summed E-state index contributed by atoms with van der Waals surface area (Å²) in [7, 11) is -0.533. The summed E-state index contributed by atoms with van der Waals surface area (Å²) in [5.74, 6) is -0.465. The second kappa shape index (κ2) is 9.57. The van der Waals surface area contributed by atoms with Gasteiger partial charge < -0.3 is 9.31 Å². The average Bonchev–Trinajstić information content (AvgIpc) is 3.68. The number of halogens is 3. The number of hydrogen-bond acceptors (Lipinski definition) is 4. The molecule has 7 rings (SSSR count). The number of rotatable bonds is 1. The van der Waals surface area contributed by atoms with Gasteiger partial charge in [0, 0.05) is 26.7 Å². The molecule has 3 heterocycles. The molecule has 0 amide bonds. The quantitative estimate of drug-likeness (QED) is 0.304. The zero-order chi connectivity index (χ0) is 28.7. The molecule has 5 aliphatic rings. The molecule has 2 saturated carbocycles. The molecule has 3 fully saturated rings. The monoisotopic (exact) mass is 610 g/mol. The van der Waals surface area contributed by atoms with Crippen molar-refractivity contribution >= 4 is 51.3 Å². The molecule has 2 aliphatic carbocycles. The lowest BCUT2D eigenvalue weighted by Gasteiger charge is -2.32. The molecule has 2 spiro atoms. The van der Waals surface area contributed by atoms with Crippen LogP contribution in [0.15, 0.2) is 38.7 Å². The predicted molar refractivity (Wildman–Crippen MR) is 162 cm³/mol. The van der Waals surface area contributed by atoms with E-state index in [0.717, 1.165) is 58.2 Å². The van der Waals surface area contributed by atoms with Crippen LogP contribution in [0, 0.1) is 11.6 Å². The fourth-order valence-corrected chi connectivity index (χ4v) is 7.85. The van der Waals surface area contributed by atoms with Crippen LogP contribution in [-0.4, -0.2) is 29.7 Å². The van der Waals surface area contributed by atoms with E-state index < -0.39 is 18.3 Å². The molecule has 8 heteroatoms. The summed E-state index contributed by atoms with van der Waals surface area (Å²) in [4.78, 5) is 9.02. The van der Waals surface area contributed by atoms with Crippen LogP contribution in [0.4, 0.5) is 20.2 Å². The van der Waals surface area contributed by atoms with Gasteiger partial charge in [-0.15, -0.1) is 0 Å². The first kappa shape index (κ1) is 28.2. The highest BCUT2D eigenvalue weighted by Gasteiger charge is 2.53. The third-order valence-electron chi connectivity index (χ3n) is 10.5. The van der Waals surface area contributed by atoms with Gasteiger partial charge in [-0.05, 0) is 102 Å². The first-order valence-electron chi connectivity index (χ1n) is 14.6. The second-order valence-corrected chi connectivity index (χ2v) is 14.2. The van der Waals surface area contributed by atoms with E-state index in [1.807, 2.05) is 47.6 Å². The first-order valence-corrected chi connectivity index (χ1v) is 15.4. The van der Waals surface area contributed by atoms with E-state index >= 15 is 0 Å². The van der Waals surface area contributed by atoms with E-state index in [2.05, 4.69) is 32.0 Å². The van der Waals surface area contributed by atoms with Gasteiger partial charge in [0.25, 0.3) is 0 Å². The maximum absolute atomic E-state index is 14.8. The fraction of sp³-hybridized carbons (Fsp3) is 0.562. The van der Waals surface area contributed by atoms with Crippen molar-refractivity contribution in [2.75, 3.05) is 0 Å². The third-order valence-corrected chi connectivity index (χ3v) is 11.0. The summed E-state index contributed by atoms with van der Waals surface area (Å²) in [6, 6.07) is 7.16. The average molecular weight is 611 g/mol. The van der Waals surface area contributed by atoms with Gasteiger partial charge in [0.15, 0.2) is 0 Å². The van der Waals surface area contributed by atoms with E-state index in [1.165, 1.54) is 37.8 Å². The largest absolute Gasteiger partial charge is 0.494 e. The number of aliphatic imine (C=N–C) groups is 2. The summed E-state index contributed by atoms with van der Waals surface area (Å²) >= 11 is 3.38. The summed E-state index contributed by atoms with van der Waals surface area (Å²) in [5.41, 5.74) is 5.25. The fourth-order valence-electron chi connectivity index (χ4n) is 7.42. The summed E-state index contributed by atoms with van der Waals surface area (Å²) in [6.45, 7) is 12.1.